The minimum Gasteiger partial charge on any atom is -0.0535 e. The molecule has 17 heavy (non-hydrogen) atoms. The molecule has 0 saturated heterocycles. The minimum atomic E-state index is 0.564. The molecule has 0 nitrogen and oxygen atoms in total. The number of benzene rings is 1. The van der Waals surface area contributed by atoms with E-state index in [4.69, 9.17) is 0 Å². The van der Waals surface area contributed by atoms with Crippen LogP contribution in [0.1, 0.15) is 44.1 Å². The topological polar surface area (TPSA) is 0 Å². The lowest BCUT2D eigenvalue weighted by atomic mass is 9.48. The zero-order chi connectivity index (χ0) is 11.5. The van der Waals surface area contributed by atoms with Gasteiger partial charge < -0.3 is 0 Å². The van der Waals surface area contributed by atoms with Crippen LogP contribution in [-0.2, 0) is 18.0 Å². The third kappa shape index (κ3) is 1.58. The summed E-state index contributed by atoms with van der Waals surface area (Å²) in [7, 11) is 0. The monoisotopic (exact) mass is 245 g/mol. The molecule has 4 fully saturated rings. The highest BCUT2D eigenvalue weighted by molar-refractivity contribution is 7.58. The first kappa shape index (κ1) is 10.5. The van der Waals surface area contributed by atoms with E-state index in [1.807, 2.05) is 0 Å². The van der Waals surface area contributed by atoms with Crippen LogP contribution in [0.5, 0.6) is 0 Å². The van der Waals surface area contributed by atoms with E-state index in [0.29, 0.717) is 5.41 Å². The van der Waals surface area contributed by atoms with E-state index in [2.05, 4.69) is 36.9 Å². The maximum Gasteiger partial charge on any atom is 0.150 e. The van der Waals surface area contributed by atoms with Crippen molar-refractivity contribution in [2.75, 3.05) is 0 Å². The summed E-state index contributed by atoms with van der Waals surface area (Å²) in [6.45, 7) is 0. The average molecular weight is 245 g/mol. The number of rotatable bonds is 1. The summed E-state index contributed by atoms with van der Waals surface area (Å²) in [6, 6.07) is 9.20. The lowest BCUT2D eigenvalue weighted by molar-refractivity contribution is -0.00520. The predicted molar refractivity (Wildman–Crippen MR) is 74.7 cm³/mol. The summed E-state index contributed by atoms with van der Waals surface area (Å²) < 4.78 is 0. The zero-order valence-corrected chi connectivity index (χ0v) is 11.3. The first-order valence-electron chi connectivity index (χ1n) is 7.06. The molecule has 4 bridgehead atoms. The Labute approximate surface area is 109 Å². The zero-order valence-electron chi connectivity index (χ0n) is 10.3. The van der Waals surface area contributed by atoms with E-state index in [1.54, 1.807) is 5.56 Å². The molecule has 1 heteroatoms. The van der Waals surface area contributed by atoms with Gasteiger partial charge in [0.1, 0.15) is 4.90 Å². The fourth-order valence-corrected chi connectivity index (χ4v) is 5.45. The molecular formula is C16H21S+. The minimum absolute atomic E-state index is 0.564. The summed E-state index contributed by atoms with van der Waals surface area (Å²) in [4.78, 5) is 1.21. The van der Waals surface area contributed by atoms with E-state index in [1.165, 1.54) is 43.4 Å². The van der Waals surface area contributed by atoms with Gasteiger partial charge >= 0.3 is 0 Å². The molecule has 0 radical (unpaired) electrons. The second kappa shape index (κ2) is 3.54. The molecule has 0 aliphatic heterocycles. The van der Waals surface area contributed by atoms with Gasteiger partial charge in [-0.3, -0.25) is 0 Å². The van der Waals surface area contributed by atoms with Crippen LogP contribution in [0, 0.1) is 17.8 Å². The Kier molecular flexibility index (Phi) is 2.18. The predicted octanol–water partition coefficient (Wildman–Crippen LogP) is 3.52. The van der Waals surface area contributed by atoms with Gasteiger partial charge in [-0.05, 0) is 92.0 Å². The molecule has 0 atom stereocenters. The molecule has 1 aromatic carbocycles. The van der Waals surface area contributed by atoms with E-state index in [9.17, 15) is 0 Å². The summed E-state index contributed by atoms with van der Waals surface area (Å²) in [5.74, 6) is 3.14. The lowest BCUT2D eigenvalue weighted by Gasteiger charge is -2.57. The maximum absolute atomic E-state index is 3.61. The fourth-order valence-electron chi connectivity index (χ4n) is 5.29. The molecule has 0 N–H and O–H groups in total. The molecule has 0 heterocycles. The largest absolute Gasteiger partial charge is 0.150 e. The van der Waals surface area contributed by atoms with Gasteiger partial charge in [0, 0.05) is 0 Å². The van der Waals surface area contributed by atoms with Gasteiger partial charge in [-0.1, -0.05) is 12.1 Å². The summed E-state index contributed by atoms with van der Waals surface area (Å²) >= 11 is 3.61. The molecular weight excluding hydrogens is 224 g/mol. The second-order valence-electron chi connectivity index (χ2n) is 6.78. The van der Waals surface area contributed by atoms with Gasteiger partial charge in [0.25, 0.3) is 0 Å². The van der Waals surface area contributed by atoms with Crippen molar-refractivity contribution in [3.63, 3.8) is 0 Å². The third-order valence-electron chi connectivity index (χ3n) is 5.54. The van der Waals surface area contributed by atoms with Crippen molar-refractivity contribution in [3.05, 3.63) is 29.8 Å². The van der Waals surface area contributed by atoms with Crippen LogP contribution in [0.4, 0.5) is 0 Å². The van der Waals surface area contributed by atoms with Crippen molar-refractivity contribution >= 4 is 12.6 Å². The quantitative estimate of drug-likeness (QED) is 0.664. The first-order valence-corrected chi connectivity index (χ1v) is 7.56. The van der Waals surface area contributed by atoms with Crippen molar-refractivity contribution in [3.8, 4) is 0 Å². The van der Waals surface area contributed by atoms with Gasteiger partial charge in [-0.2, -0.15) is 0 Å². The molecule has 0 unspecified atom stereocenters. The highest BCUT2D eigenvalue weighted by Gasteiger charge is 2.51. The number of hydrogen-bond acceptors (Lipinski definition) is 0. The van der Waals surface area contributed by atoms with Crippen molar-refractivity contribution < 1.29 is 0 Å². The smallest absolute Gasteiger partial charge is 0.0535 e. The van der Waals surface area contributed by atoms with Crippen molar-refractivity contribution in [2.45, 2.75) is 48.8 Å². The molecule has 4 aliphatic rings. The van der Waals surface area contributed by atoms with E-state index < -0.39 is 0 Å². The van der Waals surface area contributed by atoms with Gasteiger partial charge in [0.2, 0.25) is 0 Å². The van der Waals surface area contributed by atoms with Crippen LogP contribution in [-0.4, -0.2) is 0 Å². The Hall–Kier alpha value is -0.430. The van der Waals surface area contributed by atoms with Crippen molar-refractivity contribution in [1.29, 1.82) is 0 Å². The van der Waals surface area contributed by atoms with E-state index in [-0.39, 0.29) is 0 Å². The summed E-state index contributed by atoms with van der Waals surface area (Å²) in [6.07, 6.45) is 9.03. The van der Waals surface area contributed by atoms with Crippen LogP contribution < -0.4 is 0 Å². The Bertz CT molecular complexity index is 396. The molecule has 1 aromatic rings. The van der Waals surface area contributed by atoms with Crippen LogP contribution in [0.2, 0.25) is 0 Å². The van der Waals surface area contributed by atoms with Crippen molar-refractivity contribution in [1.82, 2.24) is 0 Å². The normalized spacial score (nSPS) is 43.0. The van der Waals surface area contributed by atoms with Crippen LogP contribution in [0.25, 0.3) is 0 Å². The lowest BCUT2D eigenvalue weighted by Crippen LogP contribution is -2.48. The molecule has 0 amide bonds. The molecule has 4 saturated carbocycles. The Balaban J connectivity index is 1.74. The Morgan fingerprint density at radius 3 is 1.76 bits per heavy atom. The molecule has 0 spiro atoms. The number of hydrogen-bond donors (Lipinski definition) is 0. The molecule has 5 rings (SSSR count). The van der Waals surface area contributed by atoms with Gasteiger partial charge in [0.15, 0.2) is 0 Å². The van der Waals surface area contributed by atoms with Crippen LogP contribution in [0.3, 0.4) is 0 Å². The first-order chi connectivity index (χ1) is 8.23. The highest BCUT2D eigenvalue weighted by atomic mass is 32.1. The summed E-state index contributed by atoms with van der Waals surface area (Å²) in [5.41, 5.74) is 2.19. The SMILES string of the molecule is [SH2+]c1ccc(C23CC4CC(CC(C4)C2)C3)cc1. The second-order valence-corrected chi connectivity index (χ2v) is 7.35. The third-order valence-corrected chi connectivity index (χ3v) is 5.87. The Morgan fingerprint density at radius 2 is 1.29 bits per heavy atom. The molecule has 0 aromatic heterocycles. The molecule has 4 aliphatic carbocycles. The highest BCUT2D eigenvalue weighted by Crippen LogP contribution is 2.60. The van der Waals surface area contributed by atoms with E-state index in [0.717, 1.165) is 17.8 Å². The van der Waals surface area contributed by atoms with Crippen molar-refractivity contribution in [2.24, 2.45) is 17.8 Å². The summed E-state index contributed by atoms with van der Waals surface area (Å²) in [5, 5.41) is 0. The van der Waals surface area contributed by atoms with Gasteiger partial charge in [-0.15, -0.1) is 0 Å². The van der Waals surface area contributed by atoms with Crippen LogP contribution in [0.15, 0.2) is 29.2 Å². The van der Waals surface area contributed by atoms with Gasteiger partial charge in [0.05, 0.1) is 0 Å². The maximum atomic E-state index is 3.61. The fraction of sp³-hybridized carbons (Fsp3) is 0.625. The van der Waals surface area contributed by atoms with E-state index >= 15 is 0 Å². The average Bonchev–Trinajstić information content (AvgIpc) is 2.27. The standard InChI is InChI=1S/C16H20S/c17-15-3-1-14(2-4-15)16-8-11-5-12(9-16)7-13(6-11)10-16/h1-4,11-13,17H,5-10H2/p+1. The Morgan fingerprint density at radius 1 is 0.824 bits per heavy atom. The molecule has 90 valence electrons. The van der Waals surface area contributed by atoms with Crippen LogP contribution >= 0.6 is 0 Å². The van der Waals surface area contributed by atoms with Gasteiger partial charge in [-0.25, -0.2) is 0 Å².